The summed E-state index contributed by atoms with van der Waals surface area (Å²) in [6, 6.07) is 0. The summed E-state index contributed by atoms with van der Waals surface area (Å²) < 4.78 is 7.69. The Morgan fingerprint density at radius 1 is 1.46 bits per heavy atom. The lowest BCUT2D eigenvalue weighted by atomic mass is 10.1. The van der Waals surface area contributed by atoms with Crippen molar-refractivity contribution in [2.75, 3.05) is 17.7 Å². The van der Waals surface area contributed by atoms with E-state index < -0.39 is 0 Å². The summed E-state index contributed by atoms with van der Waals surface area (Å²) in [6.07, 6.45) is 2.27. The highest BCUT2D eigenvalue weighted by molar-refractivity contribution is 5.92. The predicted molar refractivity (Wildman–Crippen MR) is 91.4 cm³/mol. The van der Waals surface area contributed by atoms with Crippen molar-refractivity contribution in [3.63, 3.8) is 0 Å². The molecule has 0 radical (unpaired) electrons. The average Bonchev–Trinajstić information content (AvgIpc) is 3.08. The highest BCUT2D eigenvalue weighted by atomic mass is 16.5. The summed E-state index contributed by atoms with van der Waals surface area (Å²) in [4.78, 5) is 25.2. The molecule has 1 amide bonds. The number of rotatable bonds is 4. The van der Waals surface area contributed by atoms with Gasteiger partial charge in [0.1, 0.15) is 6.33 Å². The van der Waals surface area contributed by atoms with Gasteiger partial charge in [-0.1, -0.05) is 27.4 Å². The second-order valence-electron chi connectivity index (χ2n) is 6.34. The molecule has 3 rings (SSSR count). The number of allylic oxidation sites excluding steroid dienone is 1. The van der Waals surface area contributed by atoms with Crippen LogP contribution in [0.2, 0.25) is 0 Å². The number of carbonyl (C=O) groups is 1. The molecule has 0 bridgehead atoms. The molecular weight excluding hydrogens is 308 g/mol. The fraction of sp³-hybridized carbons (Fsp3) is 0.500. The molecule has 0 aromatic carbocycles. The van der Waals surface area contributed by atoms with Crippen molar-refractivity contribution in [1.29, 1.82) is 0 Å². The Kier molecular flexibility index (Phi) is 4.13. The minimum atomic E-state index is -0.212. The van der Waals surface area contributed by atoms with Crippen molar-refractivity contribution in [2.45, 2.75) is 33.4 Å². The molecule has 3 heterocycles. The summed E-state index contributed by atoms with van der Waals surface area (Å²) >= 11 is 0. The maximum absolute atomic E-state index is 12.0. The number of nitrogens with zero attached hydrogens (tertiary/aromatic N) is 4. The molecule has 0 saturated carbocycles. The number of imidazole rings is 1. The van der Waals surface area contributed by atoms with Crippen molar-refractivity contribution in [2.24, 2.45) is 11.8 Å². The molecule has 24 heavy (non-hydrogen) atoms. The summed E-state index contributed by atoms with van der Waals surface area (Å²) in [5.41, 5.74) is 1.24. The molecule has 1 fully saturated rings. The number of nitrogens with one attached hydrogen (secondary N) is 2. The Bertz CT molecular complexity index is 797. The zero-order valence-corrected chi connectivity index (χ0v) is 14.3. The van der Waals surface area contributed by atoms with Gasteiger partial charge in [0, 0.05) is 25.3 Å². The van der Waals surface area contributed by atoms with E-state index in [1.165, 1.54) is 0 Å². The van der Waals surface area contributed by atoms with Gasteiger partial charge in [0.25, 0.3) is 0 Å². The van der Waals surface area contributed by atoms with E-state index in [9.17, 15) is 4.79 Å². The van der Waals surface area contributed by atoms with Gasteiger partial charge in [-0.2, -0.15) is 9.97 Å². The van der Waals surface area contributed by atoms with E-state index in [1.807, 2.05) is 18.4 Å². The maximum atomic E-state index is 12.0. The van der Waals surface area contributed by atoms with Crippen LogP contribution >= 0.6 is 0 Å². The number of aromatic nitrogens is 4. The Morgan fingerprint density at radius 3 is 2.79 bits per heavy atom. The number of hydrogen-bond donors (Lipinski definition) is 2. The Labute approximate surface area is 140 Å². The highest BCUT2D eigenvalue weighted by Crippen LogP contribution is 2.37. The molecule has 0 aliphatic carbocycles. The Morgan fingerprint density at radius 2 is 2.21 bits per heavy atom. The van der Waals surface area contributed by atoms with E-state index in [4.69, 9.17) is 4.74 Å². The lowest BCUT2D eigenvalue weighted by Crippen LogP contribution is -2.20. The molecule has 8 heteroatoms. The third-order valence-corrected chi connectivity index (χ3v) is 4.02. The first kappa shape index (κ1) is 16.2. The van der Waals surface area contributed by atoms with E-state index in [0.29, 0.717) is 17.0 Å². The Balaban J connectivity index is 2.06. The first-order valence-corrected chi connectivity index (χ1v) is 7.98. The molecule has 1 saturated heterocycles. The van der Waals surface area contributed by atoms with E-state index in [2.05, 4.69) is 39.1 Å². The minimum absolute atomic E-state index is 0.138. The first-order valence-electron chi connectivity index (χ1n) is 7.98. The van der Waals surface area contributed by atoms with Crippen LogP contribution in [0.4, 0.5) is 11.8 Å². The molecule has 0 unspecified atom stereocenters. The molecule has 8 nitrogen and oxygen atoms in total. The number of hydrogen-bond acceptors (Lipinski definition) is 6. The van der Waals surface area contributed by atoms with Gasteiger partial charge in [0.2, 0.25) is 11.9 Å². The lowest BCUT2D eigenvalue weighted by molar-refractivity contribution is -0.118. The van der Waals surface area contributed by atoms with E-state index >= 15 is 0 Å². The quantitative estimate of drug-likeness (QED) is 0.894. The first-order chi connectivity index (χ1) is 11.4. The van der Waals surface area contributed by atoms with Crippen molar-refractivity contribution in [1.82, 2.24) is 19.5 Å². The number of ether oxygens (including phenoxy) is 1. The van der Waals surface area contributed by atoms with Gasteiger partial charge in [-0.15, -0.1) is 0 Å². The summed E-state index contributed by atoms with van der Waals surface area (Å²) in [5, 5.41) is 5.74. The van der Waals surface area contributed by atoms with Crippen LogP contribution in [0.5, 0.6) is 0 Å². The van der Waals surface area contributed by atoms with Crippen LogP contribution in [0.25, 0.3) is 11.2 Å². The molecule has 2 aromatic heterocycles. The number of anilines is 2. The number of fused-ring (bicyclic) bond motifs is 1. The van der Waals surface area contributed by atoms with E-state index in [1.54, 1.807) is 13.4 Å². The van der Waals surface area contributed by atoms with Crippen LogP contribution in [-0.2, 0) is 9.53 Å². The smallest absolute Gasteiger partial charge is 0.233 e. The monoisotopic (exact) mass is 330 g/mol. The molecular formula is C16H22N6O2. The third-order valence-electron chi connectivity index (χ3n) is 4.02. The van der Waals surface area contributed by atoms with Crippen LogP contribution in [0.1, 0.15) is 33.4 Å². The molecule has 2 atom stereocenters. The molecule has 0 spiro atoms. The molecule has 1 aliphatic rings. The zero-order valence-electron chi connectivity index (χ0n) is 14.3. The van der Waals surface area contributed by atoms with Crippen LogP contribution in [-0.4, -0.2) is 32.5 Å². The summed E-state index contributed by atoms with van der Waals surface area (Å²) in [7, 11) is 1.76. The summed E-state index contributed by atoms with van der Waals surface area (Å²) in [6.45, 7) is 9.62. The van der Waals surface area contributed by atoms with Crippen LogP contribution < -0.4 is 10.6 Å². The SMILES string of the molecule is C=C1C[C@H](C)[C@H](n2cnc3c(NC)nc(NC(=O)C(C)C)nc32)O1. The van der Waals surface area contributed by atoms with Gasteiger partial charge in [0.05, 0.1) is 5.76 Å². The van der Waals surface area contributed by atoms with Crippen molar-refractivity contribution >= 4 is 28.8 Å². The molecule has 128 valence electrons. The minimum Gasteiger partial charge on any atom is -0.475 e. The van der Waals surface area contributed by atoms with Gasteiger partial charge in [-0.3, -0.25) is 14.7 Å². The largest absolute Gasteiger partial charge is 0.475 e. The van der Waals surface area contributed by atoms with E-state index in [0.717, 1.165) is 12.2 Å². The van der Waals surface area contributed by atoms with Crippen LogP contribution in [0.15, 0.2) is 18.7 Å². The van der Waals surface area contributed by atoms with Crippen LogP contribution in [0, 0.1) is 11.8 Å². The third kappa shape index (κ3) is 2.79. The fourth-order valence-electron chi connectivity index (χ4n) is 2.71. The van der Waals surface area contributed by atoms with Gasteiger partial charge >= 0.3 is 0 Å². The van der Waals surface area contributed by atoms with Crippen molar-refractivity contribution in [3.8, 4) is 0 Å². The van der Waals surface area contributed by atoms with Gasteiger partial charge in [-0.25, -0.2) is 4.98 Å². The zero-order chi connectivity index (χ0) is 17.4. The average molecular weight is 330 g/mol. The number of amides is 1. The predicted octanol–water partition coefficient (Wildman–Crippen LogP) is 2.53. The normalized spacial score (nSPS) is 20.5. The lowest BCUT2D eigenvalue weighted by Gasteiger charge is -2.17. The highest BCUT2D eigenvalue weighted by Gasteiger charge is 2.31. The van der Waals surface area contributed by atoms with E-state index in [-0.39, 0.29) is 29.9 Å². The van der Waals surface area contributed by atoms with Crippen LogP contribution in [0.3, 0.4) is 0 Å². The molecule has 2 aromatic rings. The summed E-state index contributed by atoms with van der Waals surface area (Å²) in [5.74, 6) is 1.52. The van der Waals surface area contributed by atoms with Crippen molar-refractivity contribution in [3.05, 3.63) is 18.7 Å². The Hall–Kier alpha value is -2.64. The van der Waals surface area contributed by atoms with Gasteiger partial charge in [-0.05, 0) is 0 Å². The number of carbonyl (C=O) groups excluding carboxylic acids is 1. The fourth-order valence-corrected chi connectivity index (χ4v) is 2.71. The molecule has 2 N–H and O–H groups in total. The maximum Gasteiger partial charge on any atom is 0.233 e. The second kappa shape index (κ2) is 6.10. The standard InChI is InChI=1S/C16H22N6O2/c1-8(2)14(23)21-16-19-12(17-5)11-13(20-16)22(7-18-11)15-9(3)6-10(4)24-15/h7-9,15H,4,6H2,1-3,5H3,(H2,17,19,20,21,23)/t9-,15+/m0/s1. The van der Waals surface area contributed by atoms with Gasteiger partial charge in [0.15, 0.2) is 23.2 Å². The topological polar surface area (TPSA) is 94.0 Å². The molecule has 1 aliphatic heterocycles. The second-order valence-corrected chi connectivity index (χ2v) is 6.34. The van der Waals surface area contributed by atoms with Gasteiger partial charge < -0.3 is 10.1 Å². The van der Waals surface area contributed by atoms with Crippen molar-refractivity contribution < 1.29 is 9.53 Å².